The van der Waals surface area contributed by atoms with Crippen molar-refractivity contribution in [3.8, 4) is 0 Å². The summed E-state index contributed by atoms with van der Waals surface area (Å²) < 4.78 is 0. The number of nitrogen functional groups attached to an aromatic ring is 1. The third kappa shape index (κ3) is 2.32. The van der Waals surface area contributed by atoms with Crippen LogP contribution in [0, 0.1) is 5.92 Å². The smallest absolute Gasteiger partial charge is 0.288 e. The normalized spacial score (nSPS) is 25.3. The second-order valence-electron chi connectivity index (χ2n) is 4.38. The molecule has 2 unspecified atom stereocenters. The van der Waals surface area contributed by atoms with Gasteiger partial charge >= 0.3 is 0 Å². The molecule has 16 heavy (non-hydrogen) atoms. The molecule has 88 valence electrons. The number of aromatic nitrogens is 3. The summed E-state index contributed by atoms with van der Waals surface area (Å²) >= 11 is 0. The number of anilines is 1. The van der Waals surface area contributed by atoms with Gasteiger partial charge in [0.2, 0.25) is 11.8 Å². The Hall–Kier alpha value is -1.59. The number of carbonyl (C=O) groups is 1. The number of carbonyl (C=O) groups excluding carboxylic acids is 1. The second kappa shape index (κ2) is 4.51. The van der Waals surface area contributed by atoms with Crippen LogP contribution < -0.4 is 11.1 Å². The number of amides is 1. The zero-order valence-electron chi connectivity index (χ0n) is 9.36. The van der Waals surface area contributed by atoms with Gasteiger partial charge in [0.15, 0.2) is 0 Å². The number of rotatable bonds is 2. The maximum atomic E-state index is 11.8. The fraction of sp³-hybridized carbons (Fsp3) is 0.700. The summed E-state index contributed by atoms with van der Waals surface area (Å²) in [5.74, 6) is 0.595. The van der Waals surface area contributed by atoms with Crippen LogP contribution in [-0.2, 0) is 0 Å². The number of hydrogen-bond acceptors (Lipinski definition) is 4. The van der Waals surface area contributed by atoms with Crippen LogP contribution >= 0.6 is 0 Å². The van der Waals surface area contributed by atoms with Gasteiger partial charge in [0, 0.05) is 6.04 Å². The molecule has 1 aliphatic rings. The molecule has 1 amide bonds. The lowest BCUT2D eigenvalue weighted by atomic mass is 9.86. The molecular formula is C10H17N5O. The van der Waals surface area contributed by atoms with E-state index >= 15 is 0 Å². The molecule has 2 atom stereocenters. The monoisotopic (exact) mass is 223 g/mol. The highest BCUT2D eigenvalue weighted by Crippen LogP contribution is 2.23. The summed E-state index contributed by atoms with van der Waals surface area (Å²) in [5, 5.41) is 9.11. The van der Waals surface area contributed by atoms with Crippen molar-refractivity contribution in [3.63, 3.8) is 0 Å². The minimum atomic E-state index is -0.219. The highest BCUT2D eigenvalue weighted by Gasteiger charge is 2.24. The van der Waals surface area contributed by atoms with Gasteiger partial charge in [0.05, 0.1) is 0 Å². The Morgan fingerprint density at radius 1 is 1.50 bits per heavy atom. The molecule has 2 rings (SSSR count). The Morgan fingerprint density at radius 3 is 2.88 bits per heavy atom. The Morgan fingerprint density at radius 2 is 2.25 bits per heavy atom. The van der Waals surface area contributed by atoms with Gasteiger partial charge in [-0.25, -0.2) is 0 Å². The van der Waals surface area contributed by atoms with Crippen LogP contribution in [-0.4, -0.2) is 27.1 Å². The van der Waals surface area contributed by atoms with Crippen LogP contribution in [0.15, 0.2) is 0 Å². The largest absolute Gasteiger partial charge is 0.366 e. The fourth-order valence-corrected chi connectivity index (χ4v) is 2.14. The lowest BCUT2D eigenvalue weighted by Gasteiger charge is -2.29. The van der Waals surface area contributed by atoms with E-state index < -0.39 is 0 Å². The average Bonchev–Trinajstić information content (AvgIpc) is 2.68. The van der Waals surface area contributed by atoms with Gasteiger partial charge in [-0.15, -0.1) is 5.10 Å². The third-order valence-corrected chi connectivity index (χ3v) is 3.15. The first-order valence-electron chi connectivity index (χ1n) is 5.65. The van der Waals surface area contributed by atoms with Crippen LogP contribution in [0.2, 0.25) is 0 Å². The van der Waals surface area contributed by atoms with Gasteiger partial charge in [-0.05, 0) is 18.8 Å². The van der Waals surface area contributed by atoms with Crippen LogP contribution in [0.4, 0.5) is 5.95 Å². The van der Waals surface area contributed by atoms with E-state index in [0.717, 1.165) is 6.42 Å². The zero-order valence-corrected chi connectivity index (χ0v) is 9.36. The minimum absolute atomic E-state index is 0.0989. The Balaban J connectivity index is 1.96. The first-order valence-corrected chi connectivity index (χ1v) is 5.65. The molecule has 6 nitrogen and oxygen atoms in total. The van der Waals surface area contributed by atoms with Crippen molar-refractivity contribution in [1.29, 1.82) is 0 Å². The van der Waals surface area contributed by atoms with Gasteiger partial charge < -0.3 is 11.1 Å². The summed E-state index contributed by atoms with van der Waals surface area (Å²) in [6.07, 6.45) is 4.64. The summed E-state index contributed by atoms with van der Waals surface area (Å²) in [4.78, 5) is 15.6. The molecule has 4 N–H and O–H groups in total. The molecule has 0 aromatic carbocycles. The highest BCUT2D eigenvalue weighted by molar-refractivity contribution is 5.90. The van der Waals surface area contributed by atoms with E-state index in [1.165, 1.54) is 19.3 Å². The molecule has 1 aromatic rings. The van der Waals surface area contributed by atoms with Gasteiger partial charge in [-0.1, -0.05) is 19.8 Å². The molecule has 0 spiro atoms. The van der Waals surface area contributed by atoms with Crippen molar-refractivity contribution in [3.05, 3.63) is 5.82 Å². The van der Waals surface area contributed by atoms with Crippen molar-refractivity contribution in [2.75, 3.05) is 5.73 Å². The van der Waals surface area contributed by atoms with E-state index in [4.69, 9.17) is 5.73 Å². The first-order chi connectivity index (χ1) is 7.66. The summed E-state index contributed by atoms with van der Waals surface area (Å²) in [6.45, 7) is 2.17. The Bertz CT molecular complexity index is 375. The number of H-pyrrole nitrogens is 1. The molecule has 0 saturated heterocycles. The molecule has 1 aliphatic carbocycles. The standard InChI is InChI=1S/C10H17N5O/c1-6-4-2-3-5-7(6)12-9(16)8-13-10(11)15-14-8/h6-7H,2-5H2,1H3,(H,12,16)(H3,11,13,14,15). The molecule has 1 aromatic heterocycles. The Labute approximate surface area is 94.0 Å². The lowest BCUT2D eigenvalue weighted by molar-refractivity contribution is 0.0900. The highest BCUT2D eigenvalue weighted by atomic mass is 16.2. The van der Waals surface area contributed by atoms with Crippen molar-refractivity contribution in [1.82, 2.24) is 20.5 Å². The van der Waals surface area contributed by atoms with Crippen LogP contribution in [0.25, 0.3) is 0 Å². The van der Waals surface area contributed by atoms with Crippen molar-refractivity contribution < 1.29 is 4.79 Å². The van der Waals surface area contributed by atoms with Gasteiger partial charge in [-0.2, -0.15) is 4.98 Å². The van der Waals surface area contributed by atoms with Crippen LogP contribution in [0.3, 0.4) is 0 Å². The fourth-order valence-electron chi connectivity index (χ4n) is 2.14. The predicted molar refractivity (Wildman–Crippen MR) is 59.7 cm³/mol. The summed E-state index contributed by atoms with van der Waals surface area (Å²) in [5.41, 5.74) is 5.34. The van der Waals surface area contributed by atoms with Crippen molar-refractivity contribution in [2.24, 2.45) is 5.92 Å². The molecule has 1 saturated carbocycles. The second-order valence-corrected chi connectivity index (χ2v) is 4.38. The molecule has 1 fully saturated rings. The van der Waals surface area contributed by atoms with Crippen LogP contribution in [0.5, 0.6) is 0 Å². The van der Waals surface area contributed by atoms with E-state index in [9.17, 15) is 4.79 Å². The van der Waals surface area contributed by atoms with E-state index in [2.05, 4.69) is 27.4 Å². The Kier molecular flexibility index (Phi) is 3.07. The first kappa shape index (κ1) is 10.9. The third-order valence-electron chi connectivity index (χ3n) is 3.15. The summed E-state index contributed by atoms with van der Waals surface area (Å²) in [6, 6.07) is 0.243. The number of nitrogens with two attached hydrogens (primary N) is 1. The molecule has 0 radical (unpaired) electrons. The zero-order chi connectivity index (χ0) is 11.5. The SMILES string of the molecule is CC1CCCCC1NC(=O)c1nc(N)n[nH]1. The quantitative estimate of drug-likeness (QED) is 0.687. The average molecular weight is 223 g/mol. The van der Waals surface area contributed by atoms with Gasteiger partial charge in [0.1, 0.15) is 0 Å². The molecule has 1 heterocycles. The number of nitrogens with one attached hydrogen (secondary N) is 2. The molecule has 0 bridgehead atoms. The summed E-state index contributed by atoms with van der Waals surface area (Å²) in [7, 11) is 0. The van der Waals surface area contributed by atoms with E-state index in [1.54, 1.807) is 0 Å². The van der Waals surface area contributed by atoms with Gasteiger partial charge in [0.25, 0.3) is 5.91 Å². The maximum Gasteiger partial charge on any atom is 0.288 e. The molecule has 0 aliphatic heterocycles. The van der Waals surface area contributed by atoms with Crippen LogP contribution in [0.1, 0.15) is 43.2 Å². The predicted octanol–water partition coefficient (Wildman–Crippen LogP) is 0.695. The maximum absolute atomic E-state index is 11.8. The molecule has 6 heteroatoms. The van der Waals surface area contributed by atoms with Crippen molar-refractivity contribution in [2.45, 2.75) is 38.6 Å². The molecular weight excluding hydrogens is 206 g/mol. The van der Waals surface area contributed by atoms with E-state index in [-0.39, 0.29) is 23.7 Å². The van der Waals surface area contributed by atoms with E-state index in [1.807, 2.05) is 0 Å². The number of hydrogen-bond donors (Lipinski definition) is 3. The lowest BCUT2D eigenvalue weighted by Crippen LogP contribution is -2.41. The van der Waals surface area contributed by atoms with Crippen molar-refractivity contribution >= 4 is 11.9 Å². The van der Waals surface area contributed by atoms with E-state index in [0.29, 0.717) is 5.92 Å². The van der Waals surface area contributed by atoms with Gasteiger partial charge in [-0.3, -0.25) is 9.89 Å². The minimum Gasteiger partial charge on any atom is -0.366 e. The number of nitrogens with zero attached hydrogens (tertiary/aromatic N) is 2. The topological polar surface area (TPSA) is 96.7 Å². The number of aromatic amines is 1.